The number of likely N-dealkylation sites (N-methyl/N-ethyl adjacent to an activating group) is 1. The van der Waals surface area contributed by atoms with Gasteiger partial charge in [-0.1, -0.05) is 25.1 Å². The largest absolute Gasteiger partial charge is 0.478 e. The van der Waals surface area contributed by atoms with E-state index in [-0.39, 0.29) is 11.5 Å². The zero-order valence-electron chi connectivity index (χ0n) is 18.3. The Labute approximate surface area is 184 Å². The van der Waals surface area contributed by atoms with Crippen molar-refractivity contribution in [2.24, 2.45) is 0 Å². The highest BCUT2D eigenvalue weighted by atomic mass is 32.2. The molecule has 3 atom stereocenters. The fourth-order valence-corrected chi connectivity index (χ4v) is 5.90. The summed E-state index contributed by atoms with van der Waals surface area (Å²) in [4.78, 5) is 14.3. The first-order chi connectivity index (χ1) is 14.6. The van der Waals surface area contributed by atoms with E-state index in [0.717, 1.165) is 43.5 Å². The van der Waals surface area contributed by atoms with Crippen LogP contribution in [-0.4, -0.2) is 62.9 Å². The molecule has 1 saturated heterocycles. The molecule has 0 spiro atoms. The number of sulfone groups is 1. The van der Waals surface area contributed by atoms with E-state index in [2.05, 4.69) is 24.2 Å². The molecule has 0 unspecified atom stereocenters. The van der Waals surface area contributed by atoms with Crippen molar-refractivity contribution in [1.82, 2.24) is 10.2 Å². The molecule has 2 aromatic carbocycles. The zero-order chi connectivity index (χ0) is 22.4. The number of rotatable bonds is 6. The Morgan fingerprint density at radius 2 is 1.94 bits per heavy atom. The van der Waals surface area contributed by atoms with Crippen LogP contribution in [0.25, 0.3) is 0 Å². The number of carbonyl (C=O) groups is 1. The van der Waals surface area contributed by atoms with Crippen LogP contribution in [0.1, 0.15) is 40.4 Å². The first-order valence-electron chi connectivity index (χ1n) is 10.7. The second-order valence-corrected chi connectivity index (χ2v) is 11.2. The summed E-state index contributed by atoms with van der Waals surface area (Å²) < 4.78 is 23.3. The molecule has 7 heteroatoms. The minimum atomic E-state index is -3.18. The number of piperidine rings is 1. The number of aromatic carboxylic acids is 1. The summed E-state index contributed by atoms with van der Waals surface area (Å²) in [6, 6.07) is 13.2. The van der Waals surface area contributed by atoms with Gasteiger partial charge in [0.2, 0.25) is 0 Å². The van der Waals surface area contributed by atoms with E-state index < -0.39 is 15.8 Å². The first-order valence-corrected chi connectivity index (χ1v) is 12.6. The quantitative estimate of drug-likeness (QED) is 0.715. The lowest BCUT2D eigenvalue weighted by Gasteiger charge is -2.55. The molecule has 1 aliphatic carbocycles. The summed E-state index contributed by atoms with van der Waals surface area (Å²) in [5, 5.41) is 13.2. The number of hydrogen-bond donors (Lipinski definition) is 2. The average Bonchev–Trinajstić information content (AvgIpc) is 2.72. The lowest BCUT2D eigenvalue weighted by Crippen LogP contribution is -2.66. The number of nitrogens with one attached hydrogen (secondary N) is 1. The van der Waals surface area contributed by atoms with Crippen LogP contribution in [-0.2, 0) is 28.1 Å². The van der Waals surface area contributed by atoms with E-state index in [1.807, 2.05) is 24.3 Å². The van der Waals surface area contributed by atoms with Gasteiger partial charge in [-0.05, 0) is 80.4 Å². The topological polar surface area (TPSA) is 86.7 Å². The van der Waals surface area contributed by atoms with Crippen molar-refractivity contribution in [3.8, 4) is 0 Å². The third-order valence-corrected chi connectivity index (χ3v) is 8.28. The molecule has 1 heterocycles. The molecule has 0 amide bonds. The predicted octanol–water partition coefficient (Wildman–Crippen LogP) is 2.51. The van der Waals surface area contributed by atoms with Crippen LogP contribution < -0.4 is 5.32 Å². The van der Waals surface area contributed by atoms with Crippen LogP contribution in [0.2, 0.25) is 0 Å². The van der Waals surface area contributed by atoms with E-state index in [4.69, 9.17) is 0 Å². The molecule has 0 aromatic heterocycles. The van der Waals surface area contributed by atoms with Crippen LogP contribution >= 0.6 is 0 Å². The van der Waals surface area contributed by atoms with Crippen molar-refractivity contribution in [2.75, 3.05) is 26.4 Å². The lowest BCUT2D eigenvalue weighted by molar-refractivity contribution is 0.0654. The highest BCUT2D eigenvalue weighted by Crippen LogP contribution is 2.44. The number of nitrogens with zero attached hydrogens (tertiary/aromatic N) is 1. The van der Waals surface area contributed by atoms with Gasteiger partial charge in [0.1, 0.15) is 0 Å². The SMILES string of the molecule is CN1CC[C@@]2(C)c3cc(C(=O)O)ccc3C[C@@H]1[C@H]2NCCc1ccc(S(C)(=O)=O)cc1. The van der Waals surface area contributed by atoms with E-state index in [0.29, 0.717) is 16.5 Å². The molecule has 2 aromatic rings. The van der Waals surface area contributed by atoms with Crippen LogP contribution in [0.4, 0.5) is 0 Å². The minimum absolute atomic E-state index is 0.129. The van der Waals surface area contributed by atoms with Gasteiger partial charge in [-0.3, -0.25) is 0 Å². The Morgan fingerprint density at radius 3 is 2.58 bits per heavy atom. The number of fused-ring (bicyclic) bond motifs is 4. The van der Waals surface area contributed by atoms with Gasteiger partial charge in [0.15, 0.2) is 9.84 Å². The highest BCUT2D eigenvalue weighted by molar-refractivity contribution is 7.90. The summed E-state index contributed by atoms with van der Waals surface area (Å²) >= 11 is 0. The van der Waals surface area contributed by atoms with Gasteiger partial charge in [0.05, 0.1) is 10.5 Å². The molecule has 166 valence electrons. The number of carboxylic acids is 1. The van der Waals surface area contributed by atoms with Crippen LogP contribution in [0.3, 0.4) is 0 Å². The fourth-order valence-electron chi connectivity index (χ4n) is 5.27. The average molecular weight is 443 g/mol. The Balaban J connectivity index is 1.54. The van der Waals surface area contributed by atoms with Crippen molar-refractivity contribution >= 4 is 15.8 Å². The van der Waals surface area contributed by atoms with Gasteiger partial charge in [0.25, 0.3) is 0 Å². The number of benzene rings is 2. The highest BCUT2D eigenvalue weighted by Gasteiger charge is 2.49. The number of likely N-dealkylation sites (tertiary alicyclic amines) is 1. The summed E-state index contributed by atoms with van der Waals surface area (Å²) in [7, 11) is -1.02. The Hall–Kier alpha value is -2.22. The smallest absolute Gasteiger partial charge is 0.335 e. The van der Waals surface area contributed by atoms with E-state index in [9.17, 15) is 18.3 Å². The maximum Gasteiger partial charge on any atom is 0.335 e. The standard InChI is InChI=1S/C24H30N2O4S/c1-24-11-13-26(2)21(15-17-6-7-18(23(27)28)14-20(17)24)22(24)25-12-10-16-4-8-19(9-5-16)31(3,29)30/h4-9,14,21-22,25H,10-13,15H2,1-3H3,(H,27,28)/t21-,22-,24+/m1/s1. The van der Waals surface area contributed by atoms with Gasteiger partial charge in [-0.25, -0.2) is 13.2 Å². The Morgan fingerprint density at radius 1 is 1.23 bits per heavy atom. The molecule has 31 heavy (non-hydrogen) atoms. The predicted molar refractivity (Wildman–Crippen MR) is 121 cm³/mol. The Kier molecular flexibility index (Phi) is 5.70. The van der Waals surface area contributed by atoms with Gasteiger partial charge in [0, 0.05) is 23.8 Å². The van der Waals surface area contributed by atoms with Gasteiger partial charge >= 0.3 is 5.97 Å². The van der Waals surface area contributed by atoms with E-state index in [1.165, 1.54) is 11.8 Å². The van der Waals surface area contributed by atoms with Gasteiger partial charge in [-0.2, -0.15) is 0 Å². The van der Waals surface area contributed by atoms with Crippen molar-refractivity contribution < 1.29 is 18.3 Å². The van der Waals surface area contributed by atoms with Crippen molar-refractivity contribution in [3.63, 3.8) is 0 Å². The Bertz CT molecular complexity index is 1100. The van der Waals surface area contributed by atoms with Crippen molar-refractivity contribution in [3.05, 3.63) is 64.7 Å². The van der Waals surface area contributed by atoms with Crippen LogP contribution in [0, 0.1) is 0 Å². The molecule has 4 rings (SSSR count). The van der Waals surface area contributed by atoms with Crippen molar-refractivity contribution in [2.45, 2.75) is 48.6 Å². The second kappa shape index (κ2) is 8.04. The molecule has 0 saturated carbocycles. The molecular formula is C24H30N2O4S. The molecule has 2 bridgehead atoms. The summed E-state index contributed by atoms with van der Waals surface area (Å²) in [6.07, 6.45) is 3.89. The second-order valence-electron chi connectivity index (χ2n) is 9.19. The van der Waals surface area contributed by atoms with E-state index in [1.54, 1.807) is 18.2 Å². The third kappa shape index (κ3) is 4.14. The fraction of sp³-hybridized carbons (Fsp3) is 0.458. The molecule has 1 aliphatic heterocycles. The van der Waals surface area contributed by atoms with Gasteiger partial charge < -0.3 is 15.3 Å². The van der Waals surface area contributed by atoms with Crippen LogP contribution in [0.5, 0.6) is 0 Å². The first kappa shape index (κ1) is 22.0. The molecule has 2 N–H and O–H groups in total. The normalized spacial score (nSPS) is 25.8. The molecule has 0 radical (unpaired) electrons. The van der Waals surface area contributed by atoms with Crippen LogP contribution in [0.15, 0.2) is 47.4 Å². The molecule has 6 nitrogen and oxygen atoms in total. The minimum Gasteiger partial charge on any atom is -0.478 e. The summed E-state index contributed by atoms with van der Waals surface area (Å²) in [6.45, 7) is 4.02. The number of hydrogen-bond acceptors (Lipinski definition) is 5. The maximum absolute atomic E-state index is 11.7. The maximum atomic E-state index is 11.7. The lowest BCUT2D eigenvalue weighted by atomic mass is 9.61. The van der Waals surface area contributed by atoms with Crippen molar-refractivity contribution in [1.29, 1.82) is 0 Å². The van der Waals surface area contributed by atoms with E-state index >= 15 is 0 Å². The third-order valence-electron chi connectivity index (χ3n) is 7.15. The number of carboxylic acid groups (broad SMARTS) is 1. The zero-order valence-corrected chi connectivity index (χ0v) is 19.1. The molecular weight excluding hydrogens is 412 g/mol. The summed E-state index contributed by atoms with van der Waals surface area (Å²) in [5.41, 5.74) is 3.72. The molecule has 2 aliphatic rings. The summed E-state index contributed by atoms with van der Waals surface area (Å²) in [5.74, 6) is -0.886. The monoisotopic (exact) mass is 442 g/mol. The molecule has 1 fully saturated rings. The van der Waals surface area contributed by atoms with Gasteiger partial charge in [-0.15, -0.1) is 0 Å².